The Morgan fingerprint density at radius 1 is 1.12 bits per heavy atom. The van der Waals surface area contributed by atoms with Crippen LogP contribution in [0, 0.1) is 6.92 Å². The molecule has 1 aliphatic heterocycles. The van der Waals surface area contributed by atoms with Gasteiger partial charge in [0.25, 0.3) is 11.8 Å². The van der Waals surface area contributed by atoms with Crippen LogP contribution in [-0.2, 0) is 0 Å². The molecule has 1 aliphatic rings. The highest BCUT2D eigenvalue weighted by molar-refractivity contribution is 6.34. The van der Waals surface area contributed by atoms with Crippen LogP contribution in [0.4, 0.5) is 5.69 Å². The first-order valence-electron chi connectivity index (χ1n) is 7.86. The maximum absolute atomic E-state index is 12.5. The van der Waals surface area contributed by atoms with Crippen molar-refractivity contribution in [2.24, 2.45) is 0 Å². The number of aromatic nitrogens is 1. The van der Waals surface area contributed by atoms with E-state index >= 15 is 0 Å². The predicted octanol–water partition coefficient (Wildman–Crippen LogP) is 3.53. The minimum atomic E-state index is -0.307. The molecule has 1 saturated heterocycles. The van der Waals surface area contributed by atoms with Gasteiger partial charge < -0.3 is 10.2 Å². The number of nitrogens with one attached hydrogen (secondary N) is 1. The summed E-state index contributed by atoms with van der Waals surface area (Å²) in [5.74, 6) is -0.337. The quantitative estimate of drug-likeness (QED) is 0.927. The molecular weight excluding hydrogens is 326 g/mol. The Hall–Kier alpha value is -2.40. The van der Waals surface area contributed by atoms with Gasteiger partial charge in [0.15, 0.2) is 0 Å². The molecule has 0 aliphatic carbocycles. The fourth-order valence-electron chi connectivity index (χ4n) is 2.73. The predicted molar refractivity (Wildman–Crippen MR) is 93.5 cm³/mol. The van der Waals surface area contributed by atoms with Crippen molar-refractivity contribution in [2.45, 2.75) is 19.8 Å². The number of benzene rings is 1. The Kier molecular flexibility index (Phi) is 4.81. The summed E-state index contributed by atoms with van der Waals surface area (Å²) in [4.78, 5) is 30.7. The second-order valence-electron chi connectivity index (χ2n) is 5.90. The van der Waals surface area contributed by atoms with Crippen LogP contribution in [0.15, 0.2) is 36.7 Å². The normalized spacial score (nSPS) is 13.8. The second kappa shape index (κ2) is 7.01. The first-order valence-corrected chi connectivity index (χ1v) is 8.24. The molecule has 0 atom stereocenters. The van der Waals surface area contributed by atoms with Crippen molar-refractivity contribution in [3.63, 3.8) is 0 Å². The zero-order valence-electron chi connectivity index (χ0n) is 13.4. The summed E-state index contributed by atoms with van der Waals surface area (Å²) in [5, 5.41) is 3.15. The number of halogens is 1. The van der Waals surface area contributed by atoms with Crippen molar-refractivity contribution in [2.75, 3.05) is 18.4 Å². The van der Waals surface area contributed by atoms with Crippen molar-refractivity contribution >= 4 is 29.1 Å². The number of aryl methyl sites for hydroxylation is 1. The molecule has 5 nitrogen and oxygen atoms in total. The Morgan fingerprint density at radius 3 is 2.58 bits per heavy atom. The number of nitrogens with zero attached hydrogens (tertiary/aromatic N) is 2. The smallest absolute Gasteiger partial charge is 0.257 e. The van der Waals surface area contributed by atoms with Crippen LogP contribution in [0.25, 0.3) is 0 Å². The van der Waals surface area contributed by atoms with Crippen LogP contribution < -0.4 is 5.32 Å². The molecule has 0 spiro atoms. The third kappa shape index (κ3) is 3.57. The summed E-state index contributed by atoms with van der Waals surface area (Å²) in [6.45, 7) is 3.42. The van der Waals surface area contributed by atoms with Gasteiger partial charge in [0.2, 0.25) is 0 Å². The fourth-order valence-corrected chi connectivity index (χ4v) is 2.90. The first-order chi connectivity index (χ1) is 11.5. The summed E-state index contributed by atoms with van der Waals surface area (Å²) < 4.78 is 0. The SMILES string of the molecule is Cc1cncc(C(=O)Nc2cc(C(=O)N3CCCC3)ccc2Cl)c1. The molecule has 1 N–H and O–H groups in total. The van der Waals surface area contributed by atoms with Gasteiger partial charge in [0.1, 0.15) is 0 Å². The van der Waals surface area contributed by atoms with Crippen LogP contribution in [0.3, 0.4) is 0 Å². The number of hydrogen-bond donors (Lipinski definition) is 1. The van der Waals surface area contributed by atoms with Gasteiger partial charge >= 0.3 is 0 Å². The summed E-state index contributed by atoms with van der Waals surface area (Å²) in [7, 11) is 0. The zero-order valence-corrected chi connectivity index (χ0v) is 14.1. The fraction of sp³-hybridized carbons (Fsp3) is 0.278. The lowest BCUT2D eigenvalue weighted by Crippen LogP contribution is -2.27. The van der Waals surface area contributed by atoms with E-state index in [0.29, 0.717) is 21.8 Å². The van der Waals surface area contributed by atoms with E-state index in [1.165, 1.54) is 6.20 Å². The second-order valence-corrected chi connectivity index (χ2v) is 6.31. The van der Waals surface area contributed by atoms with Crippen molar-refractivity contribution in [1.82, 2.24) is 9.88 Å². The third-order valence-corrected chi connectivity index (χ3v) is 4.32. The molecule has 24 heavy (non-hydrogen) atoms. The van der Waals surface area contributed by atoms with Crippen LogP contribution in [0.2, 0.25) is 5.02 Å². The van der Waals surface area contributed by atoms with E-state index in [1.807, 2.05) is 11.8 Å². The van der Waals surface area contributed by atoms with E-state index in [-0.39, 0.29) is 11.8 Å². The Morgan fingerprint density at radius 2 is 1.88 bits per heavy atom. The molecule has 124 valence electrons. The van der Waals surface area contributed by atoms with Crippen molar-refractivity contribution in [1.29, 1.82) is 0 Å². The first kappa shape index (κ1) is 16.5. The van der Waals surface area contributed by atoms with Gasteiger partial charge in [-0.1, -0.05) is 11.6 Å². The average Bonchev–Trinajstić information content (AvgIpc) is 3.10. The Bertz CT molecular complexity index is 786. The van der Waals surface area contributed by atoms with Gasteiger partial charge in [-0.15, -0.1) is 0 Å². The van der Waals surface area contributed by atoms with E-state index in [4.69, 9.17) is 11.6 Å². The molecule has 3 rings (SSSR count). The minimum absolute atomic E-state index is 0.0307. The number of likely N-dealkylation sites (tertiary alicyclic amines) is 1. The van der Waals surface area contributed by atoms with Gasteiger partial charge in [-0.25, -0.2) is 0 Å². The molecule has 0 unspecified atom stereocenters. The lowest BCUT2D eigenvalue weighted by Gasteiger charge is -2.16. The standard InChI is InChI=1S/C18H18ClN3O2/c1-12-8-14(11-20-10-12)17(23)21-16-9-13(4-5-15(16)19)18(24)22-6-2-3-7-22/h4-5,8-11H,2-3,6-7H2,1H3,(H,21,23). The molecule has 0 bridgehead atoms. The number of hydrogen-bond acceptors (Lipinski definition) is 3. The molecule has 1 aromatic heterocycles. The topological polar surface area (TPSA) is 62.3 Å². The summed E-state index contributed by atoms with van der Waals surface area (Å²) in [5.41, 5.74) is 2.29. The van der Waals surface area contributed by atoms with E-state index in [1.54, 1.807) is 30.5 Å². The summed E-state index contributed by atoms with van der Waals surface area (Å²) in [6.07, 6.45) is 5.24. The lowest BCUT2D eigenvalue weighted by molar-refractivity contribution is 0.0792. The molecule has 0 saturated carbocycles. The minimum Gasteiger partial charge on any atom is -0.339 e. The van der Waals surface area contributed by atoms with Gasteiger partial charge in [0.05, 0.1) is 16.3 Å². The molecule has 1 fully saturated rings. The molecule has 1 aromatic carbocycles. The monoisotopic (exact) mass is 343 g/mol. The Balaban J connectivity index is 1.81. The van der Waals surface area contributed by atoms with E-state index in [9.17, 15) is 9.59 Å². The van der Waals surface area contributed by atoms with Gasteiger partial charge in [-0.3, -0.25) is 14.6 Å². The molecular formula is C18H18ClN3O2. The van der Waals surface area contributed by atoms with E-state index in [0.717, 1.165) is 31.5 Å². The van der Waals surface area contributed by atoms with Crippen molar-refractivity contribution in [3.8, 4) is 0 Å². The number of carbonyl (C=O) groups excluding carboxylic acids is 2. The van der Waals surface area contributed by atoms with Crippen LogP contribution in [0.1, 0.15) is 39.1 Å². The van der Waals surface area contributed by atoms with Crippen LogP contribution in [-0.4, -0.2) is 34.8 Å². The number of pyridine rings is 1. The molecule has 0 radical (unpaired) electrons. The Labute approximate surface area is 145 Å². The lowest BCUT2D eigenvalue weighted by atomic mass is 10.1. The zero-order chi connectivity index (χ0) is 17.1. The summed E-state index contributed by atoms with van der Waals surface area (Å²) in [6, 6.07) is 6.70. The number of carbonyl (C=O) groups is 2. The molecule has 2 heterocycles. The van der Waals surface area contributed by atoms with Crippen molar-refractivity contribution < 1.29 is 9.59 Å². The van der Waals surface area contributed by atoms with Crippen molar-refractivity contribution in [3.05, 3.63) is 58.4 Å². The maximum atomic E-state index is 12.5. The van der Waals surface area contributed by atoms with Gasteiger partial charge in [-0.2, -0.15) is 0 Å². The highest BCUT2D eigenvalue weighted by Gasteiger charge is 2.20. The number of anilines is 1. The van der Waals surface area contributed by atoms with Crippen LogP contribution in [0.5, 0.6) is 0 Å². The highest BCUT2D eigenvalue weighted by Crippen LogP contribution is 2.25. The molecule has 6 heteroatoms. The highest BCUT2D eigenvalue weighted by atomic mass is 35.5. The number of amides is 2. The maximum Gasteiger partial charge on any atom is 0.257 e. The third-order valence-electron chi connectivity index (χ3n) is 3.99. The average molecular weight is 344 g/mol. The van der Waals surface area contributed by atoms with E-state index in [2.05, 4.69) is 10.3 Å². The number of rotatable bonds is 3. The van der Waals surface area contributed by atoms with E-state index < -0.39 is 0 Å². The van der Waals surface area contributed by atoms with Gasteiger partial charge in [-0.05, 0) is 49.6 Å². The van der Waals surface area contributed by atoms with Crippen LogP contribution >= 0.6 is 11.6 Å². The molecule has 2 aromatic rings. The largest absolute Gasteiger partial charge is 0.339 e. The summed E-state index contributed by atoms with van der Waals surface area (Å²) >= 11 is 6.17. The van der Waals surface area contributed by atoms with Gasteiger partial charge in [0, 0.05) is 31.0 Å². The molecule has 2 amide bonds.